The van der Waals surface area contributed by atoms with Gasteiger partial charge in [-0.2, -0.15) is 0 Å². The molecule has 1 N–H and O–H groups in total. The Morgan fingerprint density at radius 1 is 1.33 bits per heavy atom. The maximum atomic E-state index is 10.9. The molecule has 1 saturated heterocycles. The minimum absolute atomic E-state index is 0.0886. The maximum Gasteiger partial charge on any atom is 0.188 e. The third-order valence-corrected chi connectivity index (χ3v) is 4.10. The topological polar surface area (TPSA) is 70.0 Å². The number of benzene rings is 1. The molecule has 128 valence electrons. The van der Waals surface area contributed by atoms with E-state index in [1.165, 1.54) is 0 Å². The SMILES string of the molecule is COCOc1ccc(Br)cc1C(O)c1ncccc1C1OCCO1. The Morgan fingerprint density at radius 3 is 2.88 bits per heavy atom. The van der Waals surface area contributed by atoms with Crippen molar-refractivity contribution < 1.29 is 24.1 Å². The molecule has 1 unspecified atom stereocenters. The van der Waals surface area contributed by atoms with Crippen molar-refractivity contribution in [1.29, 1.82) is 0 Å². The lowest BCUT2D eigenvalue weighted by Crippen LogP contribution is -2.12. The number of pyridine rings is 1. The Morgan fingerprint density at radius 2 is 2.12 bits per heavy atom. The highest BCUT2D eigenvalue weighted by molar-refractivity contribution is 9.10. The Labute approximate surface area is 148 Å². The van der Waals surface area contributed by atoms with Crippen molar-refractivity contribution in [2.75, 3.05) is 27.1 Å². The molecule has 2 aromatic rings. The van der Waals surface area contributed by atoms with E-state index >= 15 is 0 Å². The van der Waals surface area contributed by atoms with E-state index in [-0.39, 0.29) is 6.79 Å². The van der Waals surface area contributed by atoms with Gasteiger partial charge in [-0.25, -0.2) is 0 Å². The van der Waals surface area contributed by atoms with E-state index in [9.17, 15) is 5.11 Å². The third-order valence-electron chi connectivity index (χ3n) is 3.60. The molecular weight excluding hydrogens is 378 g/mol. The number of rotatable bonds is 6. The molecule has 0 radical (unpaired) electrons. The van der Waals surface area contributed by atoms with Crippen LogP contribution in [0.5, 0.6) is 5.75 Å². The quantitative estimate of drug-likeness (QED) is 0.758. The van der Waals surface area contributed by atoms with Gasteiger partial charge in [0.1, 0.15) is 11.9 Å². The molecule has 7 heteroatoms. The fourth-order valence-electron chi connectivity index (χ4n) is 2.53. The van der Waals surface area contributed by atoms with Gasteiger partial charge >= 0.3 is 0 Å². The summed E-state index contributed by atoms with van der Waals surface area (Å²) in [6.07, 6.45) is 0.127. The lowest BCUT2D eigenvalue weighted by Gasteiger charge is -2.20. The van der Waals surface area contributed by atoms with Crippen LogP contribution in [-0.2, 0) is 14.2 Å². The fraction of sp³-hybridized carbons (Fsp3) is 0.353. The lowest BCUT2D eigenvalue weighted by molar-refractivity contribution is -0.0461. The maximum absolute atomic E-state index is 10.9. The van der Waals surface area contributed by atoms with Crippen LogP contribution < -0.4 is 4.74 Å². The predicted molar refractivity (Wildman–Crippen MR) is 89.6 cm³/mol. The molecule has 24 heavy (non-hydrogen) atoms. The normalized spacial score (nSPS) is 16.3. The summed E-state index contributed by atoms with van der Waals surface area (Å²) in [6.45, 7) is 1.13. The average Bonchev–Trinajstić information content (AvgIpc) is 3.14. The Balaban J connectivity index is 1.97. The van der Waals surface area contributed by atoms with Crippen molar-refractivity contribution in [3.05, 3.63) is 57.8 Å². The Kier molecular flexibility index (Phi) is 5.80. The second-order valence-corrected chi connectivity index (χ2v) is 6.10. The number of methoxy groups -OCH3 is 1. The molecule has 0 spiro atoms. The highest BCUT2D eigenvalue weighted by Crippen LogP contribution is 2.36. The molecule has 0 amide bonds. The number of halogens is 1. The van der Waals surface area contributed by atoms with Crippen molar-refractivity contribution in [2.24, 2.45) is 0 Å². The first-order valence-electron chi connectivity index (χ1n) is 7.48. The standard InChI is InChI=1S/C17H18BrNO5/c1-21-10-24-14-5-4-11(18)9-13(14)16(20)15-12(3-2-6-19-15)17-22-7-8-23-17/h2-6,9,16-17,20H,7-8,10H2,1H3. The van der Waals surface area contributed by atoms with Gasteiger partial charge in [0.05, 0.1) is 18.9 Å². The Hall–Kier alpha value is -1.51. The van der Waals surface area contributed by atoms with E-state index in [0.717, 1.165) is 4.47 Å². The van der Waals surface area contributed by atoms with E-state index in [1.807, 2.05) is 12.1 Å². The largest absolute Gasteiger partial charge is 0.467 e. The van der Waals surface area contributed by atoms with Crippen molar-refractivity contribution >= 4 is 15.9 Å². The van der Waals surface area contributed by atoms with E-state index in [1.54, 1.807) is 31.5 Å². The second-order valence-electron chi connectivity index (χ2n) is 5.19. The van der Waals surface area contributed by atoms with Gasteiger partial charge < -0.3 is 24.1 Å². The monoisotopic (exact) mass is 395 g/mol. The highest BCUT2D eigenvalue weighted by Gasteiger charge is 2.27. The van der Waals surface area contributed by atoms with E-state index in [0.29, 0.717) is 35.8 Å². The smallest absolute Gasteiger partial charge is 0.188 e. The zero-order chi connectivity index (χ0) is 16.9. The van der Waals surface area contributed by atoms with Crippen LogP contribution in [0.3, 0.4) is 0 Å². The van der Waals surface area contributed by atoms with Crippen LogP contribution in [0.25, 0.3) is 0 Å². The summed E-state index contributed by atoms with van der Waals surface area (Å²) in [5.41, 5.74) is 1.77. The molecule has 6 nitrogen and oxygen atoms in total. The highest BCUT2D eigenvalue weighted by atomic mass is 79.9. The lowest BCUT2D eigenvalue weighted by atomic mass is 10.0. The molecule has 1 aliphatic heterocycles. The van der Waals surface area contributed by atoms with Crippen LogP contribution in [0, 0.1) is 0 Å². The van der Waals surface area contributed by atoms with Crippen LogP contribution in [0.15, 0.2) is 41.0 Å². The van der Waals surface area contributed by atoms with Gasteiger partial charge in [-0.3, -0.25) is 4.98 Å². The van der Waals surface area contributed by atoms with Gasteiger partial charge in [-0.15, -0.1) is 0 Å². The minimum Gasteiger partial charge on any atom is -0.467 e. The molecule has 1 fully saturated rings. The number of aliphatic hydroxyl groups excluding tert-OH is 1. The first kappa shape index (κ1) is 17.3. The molecule has 0 saturated carbocycles. The van der Waals surface area contributed by atoms with Gasteiger partial charge in [0, 0.05) is 28.9 Å². The molecular formula is C17H18BrNO5. The van der Waals surface area contributed by atoms with Crippen molar-refractivity contribution in [3.63, 3.8) is 0 Å². The summed E-state index contributed by atoms with van der Waals surface area (Å²) in [6, 6.07) is 9.04. The molecule has 1 aliphatic rings. The van der Waals surface area contributed by atoms with Gasteiger partial charge in [-0.1, -0.05) is 22.0 Å². The molecule has 0 bridgehead atoms. The van der Waals surface area contributed by atoms with Crippen molar-refractivity contribution in [3.8, 4) is 5.75 Å². The molecule has 1 aromatic heterocycles. The summed E-state index contributed by atoms with van der Waals surface area (Å²) in [7, 11) is 1.54. The second kappa shape index (κ2) is 8.04. The van der Waals surface area contributed by atoms with Crippen LogP contribution in [0.4, 0.5) is 0 Å². The van der Waals surface area contributed by atoms with Crippen LogP contribution in [0.1, 0.15) is 29.2 Å². The summed E-state index contributed by atoms with van der Waals surface area (Å²) < 4.78 is 22.4. The van der Waals surface area contributed by atoms with Crippen molar-refractivity contribution in [1.82, 2.24) is 4.98 Å². The first-order chi connectivity index (χ1) is 11.7. The number of aromatic nitrogens is 1. The van der Waals surface area contributed by atoms with E-state index in [2.05, 4.69) is 20.9 Å². The van der Waals surface area contributed by atoms with Crippen LogP contribution in [-0.4, -0.2) is 37.2 Å². The molecule has 1 atom stereocenters. The van der Waals surface area contributed by atoms with Crippen LogP contribution in [0.2, 0.25) is 0 Å². The van der Waals surface area contributed by atoms with Crippen molar-refractivity contribution in [2.45, 2.75) is 12.4 Å². The summed E-state index contributed by atoms with van der Waals surface area (Å²) in [5, 5.41) is 10.9. The minimum atomic E-state index is -0.988. The number of aliphatic hydroxyl groups is 1. The number of hydrogen-bond donors (Lipinski definition) is 1. The van der Waals surface area contributed by atoms with Gasteiger partial charge in [0.25, 0.3) is 0 Å². The summed E-state index contributed by atoms with van der Waals surface area (Å²) >= 11 is 3.42. The molecule has 1 aromatic carbocycles. The number of nitrogens with zero attached hydrogens (tertiary/aromatic N) is 1. The zero-order valence-electron chi connectivity index (χ0n) is 13.1. The zero-order valence-corrected chi connectivity index (χ0v) is 14.7. The summed E-state index contributed by atoms with van der Waals surface area (Å²) in [4.78, 5) is 4.34. The van der Waals surface area contributed by atoms with E-state index in [4.69, 9.17) is 18.9 Å². The number of hydrogen-bond acceptors (Lipinski definition) is 6. The fourth-order valence-corrected chi connectivity index (χ4v) is 2.91. The van der Waals surface area contributed by atoms with Gasteiger partial charge in [0.15, 0.2) is 13.1 Å². The summed E-state index contributed by atoms with van der Waals surface area (Å²) in [5.74, 6) is 0.525. The van der Waals surface area contributed by atoms with Gasteiger partial charge in [0.2, 0.25) is 0 Å². The third kappa shape index (κ3) is 3.76. The molecule has 2 heterocycles. The molecule has 3 rings (SSSR count). The first-order valence-corrected chi connectivity index (χ1v) is 8.27. The van der Waals surface area contributed by atoms with E-state index < -0.39 is 12.4 Å². The number of ether oxygens (including phenoxy) is 4. The van der Waals surface area contributed by atoms with Crippen LogP contribution >= 0.6 is 15.9 Å². The average molecular weight is 396 g/mol. The Bertz CT molecular complexity index is 690. The predicted octanol–water partition coefficient (Wildman–Crippen LogP) is 2.95. The molecule has 0 aliphatic carbocycles. The van der Waals surface area contributed by atoms with Gasteiger partial charge in [-0.05, 0) is 24.3 Å².